The zero-order valence-corrected chi connectivity index (χ0v) is 13.6. The van der Waals surface area contributed by atoms with E-state index in [1.807, 2.05) is 24.3 Å². The molecular weight excluding hydrogens is 334 g/mol. The highest BCUT2D eigenvalue weighted by molar-refractivity contribution is 9.10. The van der Waals surface area contributed by atoms with Crippen LogP contribution in [0.2, 0.25) is 0 Å². The molecule has 1 aliphatic rings. The second-order valence-corrected chi connectivity index (χ2v) is 6.41. The van der Waals surface area contributed by atoms with E-state index >= 15 is 0 Å². The Morgan fingerprint density at radius 3 is 2.95 bits per heavy atom. The number of aliphatic carboxylic acids is 1. The lowest BCUT2D eigenvalue weighted by molar-refractivity contribution is -0.144. The monoisotopic (exact) mass is 355 g/mol. The topological polar surface area (TPSA) is 58.6 Å². The molecule has 5 heteroatoms. The fourth-order valence-electron chi connectivity index (χ4n) is 2.86. The number of nitrogens with one attached hydrogen (secondary N) is 1. The molecule has 0 amide bonds. The van der Waals surface area contributed by atoms with Gasteiger partial charge in [0.15, 0.2) is 0 Å². The summed E-state index contributed by atoms with van der Waals surface area (Å²) in [6.07, 6.45) is 4.01. The predicted octanol–water partition coefficient (Wildman–Crippen LogP) is 3.31. The third kappa shape index (κ3) is 5.32. The van der Waals surface area contributed by atoms with Crippen molar-refractivity contribution in [2.24, 2.45) is 11.8 Å². The van der Waals surface area contributed by atoms with Gasteiger partial charge in [0.1, 0.15) is 12.4 Å². The molecule has 0 radical (unpaired) electrons. The Bertz CT molecular complexity index is 467. The number of carboxylic acid groups (broad SMARTS) is 1. The summed E-state index contributed by atoms with van der Waals surface area (Å²) in [5, 5.41) is 12.6. The Kier molecular flexibility index (Phi) is 6.51. The molecule has 2 N–H and O–H groups in total. The van der Waals surface area contributed by atoms with Crippen LogP contribution in [0.3, 0.4) is 0 Å². The third-order valence-corrected chi connectivity index (χ3v) is 4.47. The summed E-state index contributed by atoms with van der Waals surface area (Å²) in [6.45, 7) is 2.08. The van der Waals surface area contributed by atoms with E-state index < -0.39 is 5.97 Å². The molecule has 2 unspecified atom stereocenters. The lowest BCUT2D eigenvalue weighted by Crippen LogP contribution is -2.36. The first-order chi connectivity index (χ1) is 10.2. The van der Waals surface area contributed by atoms with Crippen molar-refractivity contribution in [1.29, 1.82) is 0 Å². The summed E-state index contributed by atoms with van der Waals surface area (Å²) >= 11 is 3.41. The molecule has 1 aromatic rings. The maximum absolute atomic E-state index is 11.2. The fourth-order valence-corrected chi connectivity index (χ4v) is 3.24. The van der Waals surface area contributed by atoms with Crippen LogP contribution in [0.25, 0.3) is 0 Å². The largest absolute Gasteiger partial charge is 0.492 e. The van der Waals surface area contributed by atoms with E-state index in [0.717, 1.165) is 49.0 Å². The van der Waals surface area contributed by atoms with Crippen LogP contribution in [-0.2, 0) is 4.79 Å². The molecular formula is C16H22BrNO3. The molecule has 0 bridgehead atoms. The Morgan fingerprint density at radius 2 is 2.19 bits per heavy atom. The Morgan fingerprint density at radius 1 is 1.38 bits per heavy atom. The Labute approximate surface area is 134 Å². The summed E-state index contributed by atoms with van der Waals surface area (Å²) in [4.78, 5) is 11.2. The summed E-state index contributed by atoms with van der Waals surface area (Å²) in [5.74, 6) is 0.263. The van der Waals surface area contributed by atoms with Crippen LogP contribution >= 0.6 is 15.9 Å². The average molecular weight is 356 g/mol. The van der Waals surface area contributed by atoms with Crippen molar-refractivity contribution in [3.63, 3.8) is 0 Å². The maximum Gasteiger partial charge on any atom is 0.306 e. The number of carboxylic acids is 1. The van der Waals surface area contributed by atoms with Crippen molar-refractivity contribution in [3.05, 3.63) is 28.7 Å². The minimum Gasteiger partial charge on any atom is -0.492 e. The fraction of sp³-hybridized carbons (Fsp3) is 0.562. The van der Waals surface area contributed by atoms with Gasteiger partial charge in [-0.2, -0.15) is 0 Å². The second kappa shape index (κ2) is 8.39. The van der Waals surface area contributed by atoms with E-state index in [1.165, 1.54) is 0 Å². The molecule has 4 nitrogen and oxygen atoms in total. The quantitative estimate of drug-likeness (QED) is 0.736. The molecule has 0 aliphatic heterocycles. The molecule has 1 saturated carbocycles. The molecule has 0 heterocycles. The highest BCUT2D eigenvalue weighted by atomic mass is 79.9. The molecule has 0 saturated heterocycles. The van der Waals surface area contributed by atoms with Gasteiger partial charge in [0, 0.05) is 11.0 Å². The number of rotatable bonds is 7. The van der Waals surface area contributed by atoms with E-state index in [2.05, 4.69) is 21.2 Å². The van der Waals surface area contributed by atoms with Crippen LogP contribution in [0, 0.1) is 11.8 Å². The van der Waals surface area contributed by atoms with Crippen LogP contribution in [-0.4, -0.2) is 30.8 Å². The zero-order chi connectivity index (χ0) is 15.1. The maximum atomic E-state index is 11.2. The van der Waals surface area contributed by atoms with Crippen LogP contribution in [0.5, 0.6) is 5.75 Å². The van der Waals surface area contributed by atoms with Gasteiger partial charge >= 0.3 is 5.97 Å². The first kappa shape index (κ1) is 16.3. The molecule has 1 aliphatic carbocycles. The van der Waals surface area contributed by atoms with E-state index in [0.29, 0.717) is 6.61 Å². The first-order valence-corrected chi connectivity index (χ1v) is 8.28. The van der Waals surface area contributed by atoms with Crippen LogP contribution < -0.4 is 10.1 Å². The van der Waals surface area contributed by atoms with Crippen LogP contribution in [0.4, 0.5) is 0 Å². The van der Waals surface area contributed by atoms with Gasteiger partial charge in [0.05, 0.1) is 5.92 Å². The van der Waals surface area contributed by atoms with Crippen molar-refractivity contribution < 1.29 is 14.6 Å². The number of halogens is 1. The minimum absolute atomic E-state index is 0.183. The minimum atomic E-state index is -0.646. The highest BCUT2D eigenvalue weighted by Gasteiger charge is 2.30. The van der Waals surface area contributed by atoms with Gasteiger partial charge in [-0.1, -0.05) is 34.8 Å². The number of hydrogen-bond donors (Lipinski definition) is 2. The molecule has 0 aromatic heterocycles. The van der Waals surface area contributed by atoms with E-state index in [-0.39, 0.29) is 11.8 Å². The van der Waals surface area contributed by atoms with E-state index in [9.17, 15) is 9.90 Å². The summed E-state index contributed by atoms with van der Waals surface area (Å²) in [7, 11) is 0. The Hall–Kier alpha value is -1.07. The van der Waals surface area contributed by atoms with Gasteiger partial charge in [-0.25, -0.2) is 0 Å². The molecule has 1 aromatic carbocycles. The summed E-state index contributed by atoms with van der Waals surface area (Å²) < 4.78 is 6.64. The first-order valence-electron chi connectivity index (χ1n) is 7.48. The van der Waals surface area contributed by atoms with E-state index in [1.54, 1.807) is 0 Å². The van der Waals surface area contributed by atoms with Gasteiger partial charge in [-0.15, -0.1) is 0 Å². The van der Waals surface area contributed by atoms with Crippen molar-refractivity contribution in [2.75, 3.05) is 19.7 Å². The predicted molar refractivity (Wildman–Crippen MR) is 85.6 cm³/mol. The summed E-state index contributed by atoms with van der Waals surface area (Å²) in [5.41, 5.74) is 0. The average Bonchev–Trinajstić information content (AvgIpc) is 2.47. The normalized spacial score (nSPS) is 22.0. The van der Waals surface area contributed by atoms with Crippen molar-refractivity contribution in [1.82, 2.24) is 5.32 Å². The molecule has 0 spiro atoms. The van der Waals surface area contributed by atoms with Gasteiger partial charge in [-0.3, -0.25) is 4.79 Å². The zero-order valence-electron chi connectivity index (χ0n) is 12.1. The van der Waals surface area contributed by atoms with Gasteiger partial charge < -0.3 is 15.2 Å². The lowest BCUT2D eigenvalue weighted by atomic mass is 9.79. The molecule has 116 valence electrons. The van der Waals surface area contributed by atoms with Gasteiger partial charge in [0.2, 0.25) is 0 Å². The third-order valence-electron chi connectivity index (χ3n) is 3.98. The Balaban J connectivity index is 1.66. The van der Waals surface area contributed by atoms with Crippen molar-refractivity contribution in [2.45, 2.75) is 25.7 Å². The number of carbonyl (C=O) groups is 1. The number of benzene rings is 1. The summed E-state index contributed by atoms with van der Waals surface area (Å²) in [6, 6.07) is 7.75. The number of ether oxygens (including phenoxy) is 1. The van der Waals surface area contributed by atoms with Gasteiger partial charge in [0.25, 0.3) is 0 Å². The van der Waals surface area contributed by atoms with Crippen LogP contribution in [0.15, 0.2) is 28.7 Å². The number of hydrogen-bond acceptors (Lipinski definition) is 3. The van der Waals surface area contributed by atoms with Gasteiger partial charge in [-0.05, 0) is 43.5 Å². The molecule has 21 heavy (non-hydrogen) atoms. The highest BCUT2D eigenvalue weighted by Crippen LogP contribution is 2.29. The second-order valence-electron chi connectivity index (χ2n) is 5.50. The molecule has 2 rings (SSSR count). The van der Waals surface area contributed by atoms with E-state index in [4.69, 9.17) is 4.74 Å². The smallest absolute Gasteiger partial charge is 0.306 e. The standard InChI is InChI=1S/C16H22BrNO3/c17-13-5-3-6-14(10-13)21-9-8-18-11-12-4-1-2-7-15(12)16(19)20/h3,5-6,10,12,15,18H,1-2,4,7-9,11H2,(H,19,20). The van der Waals surface area contributed by atoms with Crippen LogP contribution in [0.1, 0.15) is 25.7 Å². The lowest BCUT2D eigenvalue weighted by Gasteiger charge is -2.28. The van der Waals surface area contributed by atoms with Crippen molar-refractivity contribution >= 4 is 21.9 Å². The molecule has 1 fully saturated rings. The van der Waals surface area contributed by atoms with Crippen molar-refractivity contribution in [3.8, 4) is 5.75 Å². The molecule has 2 atom stereocenters. The SMILES string of the molecule is O=C(O)C1CCCCC1CNCCOc1cccc(Br)c1.